The van der Waals surface area contributed by atoms with E-state index >= 15 is 0 Å². The van der Waals surface area contributed by atoms with Gasteiger partial charge in [0.05, 0.1) is 0 Å². The Hall–Kier alpha value is -1.30. The Morgan fingerprint density at radius 3 is 2.19 bits per heavy atom. The Balaban J connectivity index is 3.84. The lowest BCUT2D eigenvalue weighted by Gasteiger charge is -2.23. The van der Waals surface area contributed by atoms with Gasteiger partial charge in [-0.1, -0.05) is 0 Å². The zero-order valence-electron chi connectivity index (χ0n) is 9.85. The highest BCUT2D eigenvalue weighted by Crippen LogP contribution is 1.99. The van der Waals surface area contributed by atoms with Crippen LogP contribution >= 0.6 is 0 Å². The highest BCUT2D eigenvalue weighted by Gasteiger charge is 2.15. The molecule has 16 heavy (non-hydrogen) atoms. The molecule has 0 spiro atoms. The zero-order valence-corrected chi connectivity index (χ0v) is 9.85. The molecule has 2 N–H and O–H groups in total. The summed E-state index contributed by atoms with van der Waals surface area (Å²) in [5, 5.41) is 17.1. The first-order chi connectivity index (χ1) is 7.49. The van der Waals surface area contributed by atoms with Crippen LogP contribution in [0.25, 0.3) is 0 Å². The topological polar surface area (TPSA) is 81.1 Å². The van der Waals surface area contributed by atoms with Crippen LogP contribution in [0.15, 0.2) is 0 Å². The lowest BCUT2D eigenvalue weighted by molar-refractivity contribution is -0.137. The van der Waals surface area contributed by atoms with E-state index in [9.17, 15) is 9.59 Å². The minimum Gasteiger partial charge on any atom is -0.480 e. The smallest absolute Gasteiger partial charge is 0.323 e. The lowest BCUT2D eigenvalue weighted by atomic mass is 10.2. The van der Waals surface area contributed by atoms with E-state index in [2.05, 4.69) is 0 Å². The first-order valence-corrected chi connectivity index (χ1v) is 5.28. The van der Waals surface area contributed by atoms with Gasteiger partial charge in [-0.25, -0.2) is 4.79 Å². The minimum absolute atomic E-state index is 0.163. The molecule has 0 aromatic heterocycles. The molecule has 0 saturated heterocycles. The molecule has 0 heterocycles. The fourth-order valence-corrected chi connectivity index (χ4v) is 1.30. The number of carboxylic acids is 1. The molecule has 6 nitrogen and oxygen atoms in total. The maximum atomic E-state index is 11.6. The van der Waals surface area contributed by atoms with Crippen LogP contribution in [0.3, 0.4) is 0 Å². The molecule has 0 saturated carbocycles. The first kappa shape index (κ1) is 14.7. The van der Waals surface area contributed by atoms with Gasteiger partial charge in [0.2, 0.25) is 0 Å². The molecule has 0 aromatic rings. The molecule has 0 rings (SSSR count). The van der Waals surface area contributed by atoms with E-state index in [4.69, 9.17) is 10.2 Å². The summed E-state index contributed by atoms with van der Waals surface area (Å²) in [5.74, 6) is -1.02. The number of hydrogen-bond donors (Lipinski definition) is 2. The normalized spacial score (nSPS) is 9.94. The summed E-state index contributed by atoms with van der Waals surface area (Å²) in [5.41, 5.74) is 0. The van der Waals surface area contributed by atoms with Gasteiger partial charge in [0, 0.05) is 27.2 Å². The molecule has 0 aliphatic heterocycles. The van der Waals surface area contributed by atoms with Gasteiger partial charge in [0.25, 0.3) is 0 Å². The highest BCUT2D eigenvalue weighted by atomic mass is 16.4. The molecule has 2 amide bonds. The standard InChI is InChI=1S/C10H20N2O4/c1-11(6-4-3-5-7-13)10(16)12(2)8-9(14)15/h13H,3-8H2,1-2H3,(H,14,15). The van der Waals surface area contributed by atoms with E-state index in [0.717, 1.165) is 24.2 Å². The van der Waals surface area contributed by atoms with E-state index in [1.54, 1.807) is 7.05 Å². The van der Waals surface area contributed by atoms with E-state index in [1.807, 2.05) is 0 Å². The number of urea groups is 1. The number of nitrogens with zero attached hydrogens (tertiary/aromatic N) is 2. The Morgan fingerprint density at radius 2 is 1.69 bits per heavy atom. The third-order valence-electron chi connectivity index (χ3n) is 2.18. The van der Waals surface area contributed by atoms with Gasteiger partial charge in [-0.2, -0.15) is 0 Å². The number of carbonyl (C=O) groups is 2. The fourth-order valence-electron chi connectivity index (χ4n) is 1.30. The number of carbonyl (C=O) groups excluding carboxylic acids is 1. The van der Waals surface area contributed by atoms with Crippen LogP contribution in [0.5, 0.6) is 0 Å². The largest absolute Gasteiger partial charge is 0.480 e. The summed E-state index contributed by atoms with van der Waals surface area (Å²) in [6.45, 7) is 0.444. The number of amides is 2. The SMILES string of the molecule is CN(CCCCCO)C(=O)N(C)CC(=O)O. The lowest BCUT2D eigenvalue weighted by Crippen LogP contribution is -2.41. The molecule has 0 aromatic carbocycles. The fraction of sp³-hybridized carbons (Fsp3) is 0.800. The second-order valence-corrected chi connectivity index (χ2v) is 3.74. The number of likely N-dealkylation sites (N-methyl/N-ethyl adjacent to an activating group) is 1. The summed E-state index contributed by atoms with van der Waals surface area (Å²) < 4.78 is 0. The average Bonchev–Trinajstić information content (AvgIpc) is 2.22. The number of aliphatic carboxylic acids is 1. The van der Waals surface area contributed by atoms with Crippen LogP contribution in [-0.2, 0) is 4.79 Å². The van der Waals surface area contributed by atoms with Crippen molar-refractivity contribution in [2.45, 2.75) is 19.3 Å². The molecule has 0 bridgehead atoms. The minimum atomic E-state index is -1.02. The number of aliphatic hydroxyl groups is 1. The molecule has 0 aliphatic carbocycles. The van der Waals surface area contributed by atoms with Crippen molar-refractivity contribution in [1.29, 1.82) is 0 Å². The molecular formula is C10H20N2O4. The Kier molecular flexibility index (Phi) is 7.28. The molecule has 0 atom stereocenters. The van der Waals surface area contributed by atoms with Gasteiger partial charge in [-0.15, -0.1) is 0 Å². The first-order valence-electron chi connectivity index (χ1n) is 5.28. The Bertz CT molecular complexity index is 233. The predicted molar refractivity (Wildman–Crippen MR) is 59.2 cm³/mol. The highest BCUT2D eigenvalue weighted by molar-refractivity contribution is 5.79. The third kappa shape index (κ3) is 6.23. The maximum absolute atomic E-state index is 11.6. The third-order valence-corrected chi connectivity index (χ3v) is 2.18. The van der Waals surface area contributed by atoms with E-state index < -0.39 is 5.97 Å². The monoisotopic (exact) mass is 232 g/mol. The maximum Gasteiger partial charge on any atom is 0.323 e. The summed E-state index contributed by atoms with van der Waals surface area (Å²) in [6.07, 6.45) is 2.40. The van der Waals surface area contributed by atoms with Crippen LogP contribution in [0.1, 0.15) is 19.3 Å². The average molecular weight is 232 g/mol. The van der Waals surface area contributed by atoms with Crippen LogP contribution in [-0.4, -0.2) is 65.8 Å². The van der Waals surface area contributed by atoms with E-state index in [-0.39, 0.29) is 19.2 Å². The van der Waals surface area contributed by atoms with Gasteiger partial charge >= 0.3 is 12.0 Å². The number of carboxylic acid groups (broad SMARTS) is 1. The van der Waals surface area contributed by atoms with Crippen molar-refractivity contribution in [2.24, 2.45) is 0 Å². The molecule has 0 unspecified atom stereocenters. The van der Waals surface area contributed by atoms with Crippen molar-refractivity contribution in [2.75, 3.05) is 33.8 Å². The quantitative estimate of drug-likeness (QED) is 0.615. The van der Waals surface area contributed by atoms with Gasteiger partial charge in [0.15, 0.2) is 0 Å². The summed E-state index contributed by atoms with van der Waals surface area (Å²) in [4.78, 5) is 24.6. The number of rotatable bonds is 7. The van der Waals surface area contributed by atoms with Gasteiger partial charge < -0.3 is 20.0 Å². The Labute approximate surface area is 95.5 Å². The van der Waals surface area contributed by atoms with Crippen LogP contribution in [0.2, 0.25) is 0 Å². The number of aliphatic hydroxyl groups excluding tert-OH is 1. The van der Waals surface area contributed by atoms with Crippen molar-refractivity contribution in [1.82, 2.24) is 9.80 Å². The van der Waals surface area contributed by atoms with Gasteiger partial charge in [0.1, 0.15) is 6.54 Å². The summed E-state index contributed by atoms with van der Waals surface area (Å²) in [7, 11) is 3.10. The predicted octanol–water partition coefficient (Wildman–Crippen LogP) is 0.217. The van der Waals surface area contributed by atoms with Crippen LogP contribution < -0.4 is 0 Å². The van der Waals surface area contributed by atoms with Crippen molar-refractivity contribution >= 4 is 12.0 Å². The summed E-state index contributed by atoms with van der Waals surface area (Å²) in [6, 6.07) is -0.300. The van der Waals surface area contributed by atoms with E-state index in [1.165, 1.54) is 11.9 Å². The van der Waals surface area contributed by atoms with Gasteiger partial charge in [-0.3, -0.25) is 4.79 Å². The second-order valence-electron chi connectivity index (χ2n) is 3.74. The summed E-state index contributed by atoms with van der Waals surface area (Å²) >= 11 is 0. The molecule has 0 aliphatic rings. The van der Waals surface area contributed by atoms with Crippen molar-refractivity contribution in [3.05, 3.63) is 0 Å². The molecule has 0 fully saturated rings. The van der Waals surface area contributed by atoms with Crippen molar-refractivity contribution in [3.63, 3.8) is 0 Å². The molecule has 6 heteroatoms. The van der Waals surface area contributed by atoms with E-state index in [0.29, 0.717) is 6.54 Å². The van der Waals surface area contributed by atoms with Crippen molar-refractivity contribution in [3.8, 4) is 0 Å². The van der Waals surface area contributed by atoms with Crippen LogP contribution in [0, 0.1) is 0 Å². The number of hydrogen-bond acceptors (Lipinski definition) is 3. The molecular weight excluding hydrogens is 212 g/mol. The number of unbranched alkanes of at least 4 members (excludes halogenated alkanes) is 2. The van der Waals surface area contributed by atoms with Crippen LogP contribution in [0.4, 0.5) is 4.79 Å². The second kappa shape index (κ2) is 7.92. The zero-order chi connectivity index (χ0) is 12.6. The molecule has 0 radical (unpaired) electrons. The van der Waals surface area contributed by atoms with Gasteiger partial charge in [-0.05, 0) is 19.3 Å². The van der Waals surface area contributed by atoms with Crippen molar-refractivity contribution < 1.29 is 19.8 Å². The molecule has 94 valence electrons. The Morgan fingerprint density at radius 1 is 1.06 bits per heavy atom.